The van der Waals surface area contributed by atoms with E-state index in [1.807, 2.05) is 13.8 Å². The summed E-state index contributed by atoms with van der Waals surface area (Å²) in [7, 11) is 0. The summed E-state index contributed by atoms with van der Waals surface area (Å²) < 4.78 is 0. The molecule has 1 aromatic rings. The van der Waals surface area contributed by atoms with Gasteiger partial charge in [0.2, 0.25) is 0 Å². The Balaban J connectivity index is 3.04. The molecule has 2 nitrogen and oxygen atoms in total. The van der Waals surface area contributed by atoms with E-state index in [2.05, 4.69) is 9.97 Å². The summed E-state index contributed by atoms with van der Waals surface area (Å²) in [5.41, 5.74) is 0.855. The maximum atomic E-state index is 5.71. The van der Waals surface area contributed by atoms with Crippen LogP contribution in [0, 0.1) is 6.92 Å². The van der Waals surface area contributed by atoms with Gasteiger partial charge < -0.3 is 0 Å². The molecule has 0 bridgehead atoms. The van der Waals surface area contributed by atoms with Crippen LogP contribution in [0.25, 0.3) is 0 Å². The first kappa shape index (κ1) is 7.48. The maximum absolute atomic E-state index is 5.71. The third-order valence-corrected chi connectivity index (χ3v) is 1.66. The molecule has 3 heteroatoms. The average Bonchev–Trinajstić information content (AvgIpc) is 1.95. The van der Waals surface area contributed by atoms with Crippen molar-refractivity contribution in [2.45, 2.75) is 20.3 Å². The van der Waals surface area contributed by atoms with Gasteiger partial charge in [0.25, 0.3) is 0 Å². The van der Waals surface area contributed by atoms with E-state index in [1.54, 1.807) is 6.20 Å². The Morgan fingerprint density at radius 3 is 2.80 bits per heavy atom. The van der Waals surface area contributed by atoms with E-state index >= 15 is 0 Å². The Kier molecular flexibility index (Phi) is 2.22. The summed E-state index contributed by atoms with van der Waals surface area (Å²) in [4.78, 5) is 8.16. The molecular formula is C7H9ClN2. The molecule has 0 spiro atoms. The molecule has 1 aromatic heterocycles. The fraction of sp³-hybridized carbons (Fsp3) is 0.429. The number of nitrogens with zero attached hydrogens (tertiary/aromatic N) is 2. The van der Waals surface area contributed by atoms with Crippen LogP contribution in [-0.4, -0.2) is 9.97 Å². The molecule has 54 valence electrons. The molecular weight excluding hydrogens is 148 g/mol. The first-order valence-electron chi connectivity index (χ1n) is 3.22. The number of aryl methyl sites for hydroxylation is 2. The highest BCUT2D eigenvalue weighted by molar-refractivity contribution is 6.31. The lowest BCUT2D eigenvalue weighted by Crippen LogP contribution is -1.94. The van der Waals surface area contributed by atoms with Gasteiger partial charge in [-0.1, -0.05) is 18.5 Å². The topological polar surface area (TPSA) is 25.8 Å². The van der Waals surface area contributed by atoms with Crippen LogP contribution in [0.1, 0.15) is 18.4 Å². The van der Waals surface area contributed by atoms with Gasteiger partial charge in [0.15, 0.2) is 0 Å². The zero-order valence-electron chi connectivity index (χ0n) is 6.06. The normalized spacial score (nSPS) is 9.90. The summed E-state index contributed by atoms with van der Waals surface area (Å²) >= 11 is 5.71. The SMILES string of the molecule is CCc1ncc(Cl)c(C)n1. The van der Waals surface area contributed by atoms with Gasteiger partial charge in [-0.05, 0) is 6.92 Å². The van der Waals surface area contributed by atoms with E-state index in [-0.39, 0.29) is 0 Å². The molecule has 0 saturated carbocycles. The highest BCUT2D eigenvalue weighted by Crippen LogP contribution is 2.09. The van der Waals surface area contributed by atoms with Gasteiger partial charge in [0, 0.05) is 12.6 Å². The van der Waals surface area contributed by atoms with E-state index in [1.165, 1.54) is 0 Å². The second-order valence-corrected chi connectivity index (χ2v) is 2.48. The lowest BCUT2D eigenvalue weighted by Gasteiger charge is -1.97. The molecule has 0 N–H and O–H groups in total. The Morgan fingerprint density at radius 1 is 1.60 bits per heavy atom. The van der Waals surface area contributed by atoms with Crippen LogP contribution in [0.15, 0.2) is 6.20 Å². The molecule has 0 amide bonds. The fourth-order valence-electron chi connectivity index (χ4n) is 0.671. The summed E-state index contributed by atoms with van der Waals surface area (Å²) in [6, 6.07) is 0. The largest absolute Gasteiger partial charge is 0.240 e. The molecule has 0 radical (unpaired) electrons. The van der Waals surface area contributed by atoms with Crippen molar-refractivity contribution < 1.29 is 0 Å². The van der Waals surface area contributed by atoms with Crippen LogP contribution in [0.4, 0.5) is 0 Å². The first-order chi connectivity index (χ1) is 4.74. The standard InChI is InChI=1S/C7H9ClN2/c1-3-7-9-4-6(8)5(2)10-7/h4H,3H2,1-2H3. The zero-order chi connectivity index (χ0) is 7.56. The van der Waals surface area contributed by atoms with Crippen LogP contribution in [0.5, 0.6) is 0 Å². The van der Waals surface area contributed by atoms with Crippen molar-refractivity contribution in [2.75, 3.05) is 0 Å². The van der Waals surface area contributed by atoms with Crippen LogP contribution in [0.3, 0.4) is 0 Å². The molecule has 0 aliphatic heterocycles. The van der Waals surface area contributed by atoms with E-state index in [4.69, 9.17) is 11.6 Å². The predicted molar refractivity (Wildman–Crippen MR) is 41.2 cm³/mol. The molecule has 0 atom stereocenters. The van der Waals surface area contributed by atoms with Crippen molar-refractivity contribution >= 4 is 11.6 Å². The van der Waals surface area contributed by atoms with Crippen LogP contribution in [-0.2, 0) is 6.42 Å². The highest BCUT2D eigenvalue weighted by Gasteiger charge is 1.97. The van der Waals surface area contributed by atoms with Crippen LogP contribution in [0.2, 0.25) is 5.02 Å². The van der Waals surface area contributed by atoms with E-state index < -0.39 is 0 Å². The van der Waals surface area contributed by atoms with Crippen LogP contribution < -0.4 is 0 Å². The monoisotopic (exact) mass is 156 g/mol. The van der Waals surface area contributed by atoms with Crippen molar-refractivity contribution in [3.63, 3.8) is 0 Å². The number of hydrogen-bond acceptors (Lipinski definition) is 2. The van der Waals surface area contributed by atoms with E-state index in [0.29, 0.717) is 5.02 Å². The number of halogens is 1. The average molecular weight is 157 g/mol. The Bertz CT molecular complexity index is 235. The summed E-state index contributed by atoms with van der Waals surface area (Å²) in [6.45, 7) is 3.89. The highest BCUT2D eigenvalue weighted by atomic mass is 35.5. The summed E-state index contributed by atoms with van der Waals surface area (Å²) in [5, 5.41) is 0.636. The van der Waals surface area contributed by atoms with Crippen molar-refractivity contribution in [1.29, 1.82) is 0 Å². The van der Waals surface area contributed by atoms with Crippen molar-refractivity contribution in [1.82, 2.24) is 9.97 Å². The number of hydrogen-bond donors (Lipinski definition) is 0. The minimum atomic E-state index is 0.636. The molecule has 0 unspecified atom stereocenters. The van der Waals surface area contributed by atoms with Gasteiger partial charge >= 0.3 is 0 Å². The van der Waals surface area contributed by atoms with Crippen molar-refractivity contribution in [3.05, 3.63) is 22.7 Å². The summed E-state index contributed by atoms with van der Waals surface area (Å²) in [6.07, 6.45) is 2.50. The molecule has 0 saturated heterocycles. The predicted octanol–water partition coefficient (Wildman–Crippen LogP) is 2.00. The molecule has 0 aliphatic carbocycles. The Hall–Kier alpha value is -0.630. The summed E-state index contributed by atoms with van der Waals surface area (Å²) in [5.74, 6) is 0.849. The molecule has 0 aliphatic rings. The van der Waals surface area contributed by atoms with Gasteiger partial charge in [-0.25, -0.2) is 9.97 Å². The zero-order valence-corrected chi connectivity index (χ0v) is 6.81. The van der Waals surface area contributed by atoms with Crippen molar-refractivity contribution in [3.8, 4) is 0 Å². The number of aromatic nitrogens is 2. The smallest absolute Gasteiger partial charge is 0.128 e. The van der Waals surface area contributed by atoms with Gasteiger partial charge in [0.1, 0.15) is 5.82 Å². The lowest BCUT2D eigenvalue weighted by molar-refractivity contribution is 0.918. The maximum Gasteiger partial charge on any atom is 0.128 e. The molecule has 0 fully saturated rings. The Labute approximate surface area is 65.3 Å². The second kappa shape index (κ2) is 2.97. The van der Waals surface area contributed by atoms with Crippen LogP contribution >= 0.6 is 11.6 Å². The molecule has 1 heterocycles. The molecule has 10 heavy (non-hydrogen) atoms. The third-order valence-electron chi connectivity index (χ3n) is 1.29. The second-order valence-electron chi connectivity index (χ2n) is 2.07. The first-order valence-corrected chi connectivity index (χ1v) is 3.60. The van der Waals surface area contributed by atoms with E-state index in [0.717, 1.165) is 17.9 Å². The van der Waals surface area contributed by atoms with Gasteiger partial charge in [-0.15, -0.1) is 0 Å². The van der Waals surface area contributed by atoms with Gasteiger partial charge in [-0.2, -0.15) is 0 Å². The van der Waals surface area contributed by atoms with Gasteiger partial charge in [-0.3, -0.25) is 0 Å². The van der Waals surface area contributed by atoms with Crippen molar-refractivity contribution in [2.24, 2.45) is 0 Å². The van der Waals surface area contributed by atoms with E-state index in [9.17, 15) is 0 Å². The molecule has 0 aromatic carbocycles. The minimum Gasteiger partial charge on any atom is -0.240 e. The third kappa shape index (κ3) is 1.45. The quantitative estimate of drug-likeness (QED) is 0.622. The minimum absolute atomic E-state index is 0.636. The fourth-order valence-corrected chi connectivity index (χ4v) is 0.762. The number of rotatable bonds is 1. The lowest BCUT2D eigenvalue weighted by atomic mass is 10.4. The van der Waals surface area contributed by atoms with Gasteiger partial charge in [0.05, 0.1) is 10.7 Å². The Morgan fingerprint density at radius 2 is 2.30 bits per heavy atom. The molecule has 1 rings (SSSR count).